The lowest BCUT2D eigenvalue weighted by molar-refractivity contribution is 0.915. The number of aromatic nitrogens is 5. The van der Waals surface area contributed by atoms with Crippen LogP contribution in [0.1, 0.15) is 16.8 Å². The van der Waals surface area contributed by atoms with E-state index in [-0.39, 0.29) is 0 Å². The van der Waals surface area contributed by atoms with Crippen LogP contribution < -0.4 is 5.32 Å². The highest BCUT2D eigenvalue weighted by Crippen LogP contribution is 2.25. The summed E-state index contributed by atoms with van der Waals surface area (Å²) in [6, 6.07) is 19.3. The molecule has 0 fully saturated rings. The van der Waals surface area contributed by atoms with Gasteiger partial charge in [0.15, 0.2) is 0 Å². The number of aromatic amines is 1. The Morgan fingerprint density at radius 3 is 2.85 bits per heavy atom. The van der Waals surface area contributed by atoms with Crippen LogP contribution in [0, 0.1) is 11.3 Å². The second kappa shape index (κ2) is 7.45. The molecule has 0 aliphatic carbocycles. The Balaban J connectivity index is 1.64. The molecule has 7 nitrogen and oxygen atoms in total. The number of hydrogen-bond donors (Lipinski definition) is 2. The molecule has 4 aromatic rings. The first-order valence-corrected chi connectivity index (χ1v) is 8.35. The summed E-state index contributed by atoms with van der Waals surface area (Å²) in [7, 11) is 0. The molecule has 0 aliphatic heterocycles. The van der Waals surface area contributed by atoms with Crippen molar-refractivity contribution in [2.24, 2.45) is 0 Å². The molecule has 27 heavy (non-hydrogen) atoms. The maximum atomic E-state index is 9.04. The van der Waals surface area contributed by atoms with Crippen LogP contribution in [-0.2, 0) is 6.42 Å². The van der Waals surface area contributed by atoms with Gasteiger partial charge in [0.1, 0.15) is 0 Å². The van der Waals surface area contributed by atoms with E-state index >= 15 is 0 Å². The number of nitriles is 1. The molecular formula is C20H15N7. The Morgan fingerprint density at radius 2 is 2.00 bits per heavy atom. The molecule has 0 saturated carbocycles. The van der Waals surface area contributed by atoms with Crippen molar-refractivity contribution in [3.63, 3.8) is 0 Å². The van der Waals surface area contributed by atoms with Gasteiger partial charge >= 0.3 is 0 Å². The Bertz CT molecular complexity index is 1100. The number of nitrogens with zero attached hydrogens (tertiary/aromatic N) is 5. The van der Waals surface area contributed by atoms with Gasteiger partial charge in [-0.25, -0.2) is 9.97 Å². The van der Waals surface area contributed by atoms with E-state index in [0.717, 1.165) is 28.2 Å². The average Bonchev–Trinajstić information content (AvgIpc) is 3.22. The van der Waals surface area contributed by atoms with E-state index in [1.54, 1.807) is 24.5 Å². The summed E-state index contributed by atoms with van der Waals surface area (Å²) in [5.74, 6) is 0.473. The van der Waals surface area contributed by atoms with Crippen LogP contribution in [-0.4, -0.2) is 25.4 Å². The fraction of sp³-hybridized carbons (Fsp3) is 0.0500. The van der Waals surface area contributed by atoms with Gasteiger partial charge in [-0.05, 0) is 29.8 Å². The van der Waals surface area contributed by atoms with E-state index in [0.29, 0.717) is 17.9 Å². The molecule has 0 amide bonds. The third-order valence-electron chi connectivity index (χ3n) is 4.04. The van der Waals surface area contributed by atoms with Gasteiger partial charge in [-0.2, -0.15) is 5.26 Å². The highest BCUT2D eigenvalue weighted by Gasteiger charge is 2.09. The molecule has 130 valence electrons. The van der Waals surface area contributed by atoms with Crippen LogP contribution in [0.25, 0.3) is 11.3 Å². The van der Waals surface area contributed by atoms with E-state index in [9.17, 15) is 0 Å². The predicted octanol–water partition coefficient (Wildman–Crippen LogP) is 3.47. The number of benzene rings is 2. The van der Waals surface area contributed by atoms with Crippen LogP contribution in [0.4, 0.5) is 11.6 Å². The number of nitrogens with one attached hydrogen (secondary N) is 2. The molecule has 7 heteroatoms. The van der Waals surface area contributed by atoms with Crippen molar-refractivity contribution in [3.05, 3.63) is 83.8 Å². The zero-order valence-corrected chi connectivity index (χ0v) is 14.3. The third kappa shape index (κ3) is 3.80. The molecule has 0 bridgehead atoms. The van der Waals surface area contributed by atoms with Gasteiger partial charge in [0.25, 0.3) is 0 Å². The maximum absolute atomic E-state index is 9.04. The molecule has 2 aromatic heterocycles. The van der Waals surface area contributed by atoms with Crippen molar-refractivity contribution >= 4 is 11.6 Å². The van der Waals surface area contributed by atoms with E-state index in [2.05, 4.69) is 42.8 Å². The Labute approximate surface area is 155 Å². The summed E-state index contributed by atoms with van der Waals surface area (Å²) in [6.07, 6.45) is 4.11. The average molecular weight is 353 g/mol. The first-order chi connectivity index (χ1) is 13.3. The molecule has 2 N–H and O–H groups in total. The van der Waals surface area contributed by atoms with Gasteiger partial charge in [0, 0.05) is 23.9 Å². The first kappa shape index (κ1) is 16.4. The number of hydrogen-bond acceptors (Lipinski definition) is 6. The maximum Gasteiger partial charge on any atom is 0.227 e. The molecule has 4 rings (SSSR count). The summed E-state index contributed by atoms with van der Waals surface area (Å²) >= 11 is 0. The van der Waals surface area contributed by atoms with E-state index in [1.165, 1.54) is 0 Å². The van der Waals surface area contributed by atoms with Crippen LogP contribution in [0.15, 0.2) is 67.0 Å². The van der Waals surface area contributed by atoms with Crippen molar-refractivity contribution in [3.8, 4) is 17.3 Å². The highest BCUT2D eigenvalue weighted by atomic mass is 15.3. The molecule has 0 radical (unpaired) electrons. The van der Waals surface area contributed by atoms with E-state index < -0.39 is 0 Å². The van der Waals surface area contributed by atoms with Crippen molar-refractivity contribution < 1.29 is 0 Å². The molecule has 0 aliphatic rings. The SMILES string of the molecule is N#Cc1cccc(Nc2nccc(-c3ccccc3Cc3cnn[nH]3)n2)c1. The van der Waals surface area contributed by atoms with Crippen LogP contribution in [0.2, 0.25) is 0 Å². The standard InChI is InChI=1S/C20H15N7/c21-12-14-4-3-6-16(10-14)24-20-22-9-8-19(25-20)18-7-2-1-5-15(18)11-17-13-23-27-26-17/h1-10,13H,11H2,(H,22,24,25)(H,23,26,27). The van der Waals surface area contributed by atoms with Crippen LogP contribution in [0.3, 0.4) is 0 Å². The molecule has 0 atom stereocenters. The Kier molecular flexibility index (Phi) is 4.53. The minimum atomic E-state index is 0.473. The Morgan fingerprint density at radius 1 is 1.07 bits per heavy atom. The normalized spacial score (nSPS) is 10.3. The summed E-state index contributed by atoms with van der Waals surface area (Å²) < 4.78 is 0. The fourth-order valence-corrected chi connectivity index (χ4v) is 2.80. The van der Waals surface area contributed by atoms with Gasteiger partial charge in [-0.3, -0.25) is 5.10 Å². The van der Waals surface area contributed by atoms with Crippen molar-refractivity contribution in [1.82, 2.24) is 25.4 Å². The van der Waals surface area contributed by atoms with Gasteiger partial charge in [-0.1, -0.05) is 35.5 Å². The molecule has 2 heterocycles. The summed E-state index contributed by atoms with van der Waals surface area (Å²) in [4.78, 5) is 8.93. The number of anilines is 2. The second-order valence-electron chi connectivity index (χ2n) is 5.90. The van der Waals surface area contributed by atoms with Gasteiger partial charge in [0.05, 0.1) is 29.2 Å². The second-order valence-corrected chi connectivity index (χ2v) is 5.90. The zero-order valence-electron chi connectivity index (χ0n) is 14.3. The quantitative estimate of drug-likeness (QED) is 0.569. The first-order valence-electron chi connectivity index (χ1n) is 8.35. The zero-order chi connectivity index (χ0) is 18.5. The van der Waals surface area contributed by atoms with Gasteiger partial charge in [-0.15, -0.1) is 5.10 Å². The number of rotatable bonds is 5. The highest BCUT2D eigenvalue weighted by molar-refractivity contribution is 5.66. The minimum absolute atomic E-state index is 0.473. The van der Waals surface area contributed by atoms with Crippen molar-refractivity contribution in [2.75, 3.05) is 5.32 Å². The molecule has 0 saturated heterocycles. The van der Waals surface area contributed by atoms with E-state index in [4.69, 9.17) is 5.26 Å². The molecule has 0 spiro atoms. The van der Waals surface area contributed by atoms with Gasteiger partial charge in [0.2, 0.25) is 5.95 Å². The third-order valence-corrected chi connectivity index (χ3v) is 4.04. The Hall–Kier alpha value is -4.05. The predicted molar refractivity (Wildman–Crippen MR) is 101 cm³/mol. The fourth-order valence-electron chi connectivity index (χ4n) is 2.80. The summed E-state index contributed by atoms with van der Waals surface area (Å²) in [5, 5.41) is 22.7. The largest absolute Gasteiger partial charge is 0.324 e. The molecular weight excluding hydrogens is 338 g/mol. The lowest BCUT2D eigenvalue weighted by Crippen LogP contribution is -2.00. The van der Waals surface area contributed by atoms with E-state index in [1.807, 2.05) is 36.4 Å². The molecule has 0 unspecified atom stereocenters. The smallest absolute Gasteiger partial charge is 0.227 e. The summed E-state index contributed by atoms with van der Waals surface area (Å²) in [5.41, 5.74) is 5.22. The lowest BCUT2D eigenvalue weighted by atomic mass is 10.0. The minimum Gasteiger partial charge on any atom is -0.324 e. The summed E-state index contributed by atoms with van der Waals surface area (Å²) in [6.45, 7) is 0. The van der Waals surface area contributed by atoms with Gasteiger partial charge < -0.3 is 5.32 Å². The monoisotopic (exact) mass is 353 g/mol. The molecule has 2 aromatic carbocycles. The van der Waals surface area contributed by atoms with Crippen LogP contribution >= 0.6 is 0 Å². The van der Waals surface area contributed by atoms with Crippen LogP contribution in [0.5, 0.6) is 0 Å². The van der Waals surface area contributed by atoms with Crippen molar-refractivity contribution in [1.29, 1.82) is 5.26 Å². The number of H-pyrrole nitrogens is 1. The lowest BCUT2D eigenvalue weighted by Gasteiger charge is -2.10. The topological polar surface area (TPSA) is 103 Å². The van der Waals surface area contributed by atoms with Crippen molar-refractivity contribution in [2.45, 2.75) is 6.42 Å².